The van der Waals surface area contributed by atoms with Gasteiger partial charge in [0.15, 0.2) is 0 Å². The number of allylic oxidation sites excluding steroid dienone is 1. The van der Waals surface area contributed by atoms with Gasteiger partial charge in [0.05, 0.1) is 12.3 Å². The lowest BCUT2D eigenvalue weighted by atomic mass is 10.1. The monoisotopic (exact) mass is 209 g/mol. The fourth-order valence-corrected chi connectivity index (χ4v) is 1.29. The summed E-state index contributed by atoms with van der Waals surface area (Å²) in [5.74, 6) is 0. The van der Waals surface area contributed by atoms with Crippen LogP contribution in [-0.4, -0.2) is 11.8 Å². The van der Waals surface area contributed by atoms with E-state index in [1.807, 2.05) is 18.2 Å². The maximum absolute atomic E-state index is 8.96. The van der Waals surface area contributed by atoms with Gasteiger partial charge in [-0.05, 0) is 37.4 Å². The Morgan fingerprint density at radius 2 is 2.36 bits per heavy atom. The predicted molar refractivity (Wildman–Crippen MR) is 61.1 cm³/mol. The summed E-state index contributed by atoms with van der Waals surface area (Å²) in [7, 11) is 0. The second-order valence-electron chi connectivity index (χ2n) is 2.94. The zero-order valence-corrected chi connectivity index (χ0v) is 8.75. The van der Waals surface area contributed by atoms with E-state index in [0.717, 1.165) is 16.8 Å². The summed E-state index contributed by atoms with van der Waals surface area (Å²) < 4.78 is 0. The van der Waals surface area contributed by atoms with Crippen LogP contribution in [0.2, 0.25) is 0 Å². The predicted octanol–water partition coefficient (Wildman–Crippen LogP) is 3.11. The Morgan fingerprint density at radius 1 is 1.64 bits per heavy atom. The zero-order chi connectivity index (χ0) is 10.6. The van der Waals surface area contributed by atoms with E-state index in [0.29, 0.717) is 5.03 Å². The first kappa shape index (κ1) is 11.0. The number of aliphatic hydroxyl groups excluding tert-OH is 1. The third kappa shape index (κ3) is 2.69. The molecule has 0 saturated heterocycles. The first-order chi connectivity index (χ1) is 6.67. The first-order valence-corrected chi connectivity index (χ1v) is 4.59. The highest BCUT2D eigenvalue weighted by Gasteiger charge is 1.99. The number of aliphatic imine (C=N–C) groups is 1. The van der Waals surface area contributed by atoms with Crippen molar-refractivity contribution in [1.29, 1.82) is 0 Å². The Morgan fingerprint density at radius 3 is 2.86 bits per heavy atom. The fourth-order valence-electron chi connectivity index (χ4n) is 1.18. The van der Waals surface area contributed by atoms with Gasteiger partial charge >= 0.3 is 0 Å². The van der Waals surface area contributed by atoms with E-state index < -0.39 is 0 Å². The van der Waals surface area contributed by atoms with Crippen LogP contribution in [-0.2, 0) is 6.61 Å². The molecule has 0 spiro atoms. The molecule has 74 valence electrons. The van der Waals surface area contributed by atoms with Crippen molar-refractivity contribution in [2.45, 2.75) is 13.5 Å². The molecule has 0 aliphatic heterocycles. The number of rotatable bonds is 3. The number of hydrogen-bond donors (Lipinski definition) is 1. The van der Waals surface area contributed by atoms with Gasteiger partial charge < -0.3 is 5.11 Å². The molecular weight excluding hydrogens is 198 g/mol. The molecule has 3 heteroatoms. The van der Waals surface area contributed by atoms with Gasteiger partial charge in [0.2, 0.25) is 0 Å². The maximum atomic E-state index is 8.96. The minimum Gasteiger partial charge on any atom is -0.392 e. The van der Waals surface area contributed by atoms with Gasteiger partial charge in [-0.25, -0.2) is 0 Å². The average Bonchev–Trinajstić information content (AvgIpc) is 2.16. The summed E-state index contributed by atoms with van der Waals surface area (Å²) in [5.41, 5.74) is 2.47. The molecule has 0 radical (unpaired) electrons. The highest BCUT2D eigenvalue weighted by Crippen LogP contribution is 2.23. The lowest BCUT2D eigenvalue weighted by Crippen LogP contribution is -1.84. The van der Waals surface area contributed by atoms with E-state index in [2.05, 4.69) is 11.7 Å². The highest BCUT2D eigenvalue weighted by atomic mass is 35.5. The Hall–Kier alpha value is -1.12. The van der Waals surface area contributed by atoms with Gasteiger partial charge in [-0.2, -0.15) is 0 Å². The van der Waals surface area contributed by atoms with E-state index >= 15 is 0 Å². The van der Waals surface area contributed by atoms with Crippen LogP contribution in [0.5, 0.6) is 0 Å². The molecule has 0 aromatic heterocycles. The summed E-state index contributed by atoms with van der Waals surface area (Å²) >= 11 is 5.77. The molecule has 0 saturated carbocycles. The molecule has 1 rings (SSSR count). The minimum atomic E-state index is 0.0135. The summed E-state index contributed by atoms with van der Waals surface area (Å²) in [5, 5.41) is 9.63. The molecule has 0 bridgehead atoms. The number of benzene rings is 1. The van der Waals surface area contributed by atoms with E-state index in [9.17, 15) is 0 Å². The van der Waals surface area contributed by atoms with Gasteiger partial charge in [0.1, 0.15) is 0 Å². The van der Waals surface area contributed by atoms with Crippen LogP contribution in [0.4, 0.5) is 5.69 Å². The normalized spacial score (nSPS) is 11.5. The van der Waals surface area contributed by atoms with Crippen LogP contribution in [0.25, 0.3) is 6.08 Å². The summed E-state index contributed by atoms with van der Waals surface area (Å²) in [4.78, 5) is 3.86. The highest BCUT2D eigenvalue weighted by molar-refractivity contribution is 6.31. The van der Waals surface area contributed by atoms with E-state index in [1.54, 1.807) is 13.0 Å². The van der Waals surface area contributed by atoms with Crippen molar-refractivity contribution < 1.29 is 5.11 Å². The lowest BCUT2D eigenvalue weighted by Gasteiger charge is -2.03. The van der Waals surface area contributed by atoms with Crippen molar-refractivity contribution in [3.05, 3.63) is 34.4 Å². The molecule has 1 N–H and O–H groups in total. The van der Waals surface area contributed by atoms with Crippen LogP contribution >= 0.6 is 11.6 Å². The molecular formula is C11H12ClNO. The van der Waals surface area contributed by atoms with Gasteiger partial charge in [-0.1, -0.05) is 17.7 Å². The number of hydrogen-bond acceptors (Lipinski definition) is 2. The topological polar surface area (TPSA) is 32.6 Å². The molecule has 2 nitrogen and oxygen atoms in total. The van der Waals surface area contributed by atoms with Crippen LogP contribution in [0.3, 0.4) is 0 Å². The molecule has 1 aromatic rings. The molecule has 1 aromatic carbocycles. The second-order valence-corrected chi connectivity index (χ2v) is 3.54. The van der Waals surface area contributed by atoms with Crippen LogP contribution in [0.1, 0.15) is 18.1 Å². The fraction of sp³-hybridized carbons (Fsp3) is 0.182. The maximum Gasteiger partial charge on any atom is 0.0695 e. The molecule has 0 unspecified atom stereocenters. The Balaban J connectivity index is 3.21. The van der Waals surface area contributed by atoms with Crippen molar-refractivity contribution >= 4 is 30.1 Å². The molecule has 0 aliphatic rings. The number of nitrogens with zero attached hydrogens (tertiary/aromatic N) is 1. The van der Waals surface area contributed by atoms with Crippen molar-refractivity contribution in [2.24, 2.45) is 4.99 Å². The molecule has 0 amide bonds. The van der Waals surface area contributed by atoms with Gasteiger partial charge in [0.25, 0.3) is 0 Å². The molecule has 0 aliphatic carbocycles. The third-order valence-corrected chi connectivity index (χ3v) is 1.91. The average molecular weight is 210 g/mol. The minimum absolute atomic E-state index is 0.0135. The molecule has 0 atom stereocenters. The summed E-state index contributed by atoms with van der Waals surface area (Å²) in [6, 6.07) is 5.46. The Bertz CT molecular complexity index is 368. The van der Waals surface area contributed by atoms with Gasteiger partial charge in [0, 0.05) is 10.6 Å². The number of halogens is 1. The smallest absolute Gasteiger partial charge is 0.0695 e. The zero-order valence-electron chi connectivity index (χ0n) is 8.00. The Kier molecular flexibility index (Phi) is 3.86. The number of aliphatic hydroxyl groups is 1. The molecule has 14 heavy (non-hydrogen) atoms. The van der Waals surface area contributed by atoms with Crippen LogP contribution in [0.15, 0.2) is 28.2 Å². The van der Waals surface area contributed by atoms with Crippen molar-refractivity contribution in [1.82, 2.24) is 0 Å². The van der Waals surface area contributed by atoms with E-state index in [4.69, 9.17) is 16.7 Å². The van der Waals surface area contributed by atoms with Gasteiger partial charge in [-0.3, -0.25) is 4.99 Å². The van der Waals surface area contributed by atoms with Crippen molar-refractivity contribution in [3.8, 4) is 0 Å². The molecule has 0 heterocycles. The second kappa shape index (κ2) is 4.94. The van der Waals surface area contributed by atoms with Crippen molar-refractivity contribution in [3.63, 3.8) is 0 Å². The molecule has 0 fully saturated rings. The van der Waals surface area contributed by atoms with E-state index in [1.165, 1.54) is 0 Å². The van der Waals surface area contributed by atoms with Gasteiger partial charge in [-0.15, -0.1) is 0 Å². The SMILES string of the molecule is C=Nc1ccc(CO)cc1/C=C(\C)Cl. The third-order valence-electron chi connectivity index (χ3n) is 1.80. The summed E-state index contributed by atoms with van der Waals surface area (Å²) in [6.07, 6.45) is 1.80. The lowest BCUT2D eigenvalue weighted by molar-refractivity contribution is 0.282. The van der Waals surface area contributed by atoms with Crippen LogP contribution in [0, 0.1) is 0 Å². The van der Waals surface area contributed by atoms with E-state index in [-0.39, 0.29) is 6.61 Å². The van der Waals surface area contributed by atoms with Crippen LogP contribution < -0.4 is 0 Å². The standard InChI is InChI=1S/C11H12ClNO/c1-8(12)5-10-6-9(7-14)3-4-11(10)13-2/h3-6,14H,2,7H2,1H3/b8-5+. The Labute approximate surface area is 88.6 Å². The summed E-state index contributed by atoms with van der Waals surface area (Å²) in [6.45, 7) is 5.27. The quantitative estimate of drug-likeness (QED) is 0.763. The first-order valence-electron chi connectivity index (χ1n) is 4.21. The largest absolute Gasteiger partial charge is 0.392 e. The van der Waals surface area contributed by atoms with Crippen molar-refractivity contribution in [2.75, 3.05) is 0 Å².